The predicted molar refractivity (Wildman–Crippen MR) is 335 cm³/mol. The summed E-state index contributed by atoms with van der Waals surface area (Å²) in [7, 11) is 0. The van der Waals surface area contributed by atoms with Gasteiger partial charge >= 0.3 is 35.8 Å². The summed E-state index contributed by atoms with van der Waals surface area (Å²) in [5.74, 6) is -3.81. The normalized spacial score (nSPS) is 11.3. The van der Waals surface area contributed by atoms with E-state index in [1.165, 1.54) is 36.5 Å². The van der Waals surface area contributed by atoms with E-state index >= 15 is 0 Å². The van der Waals surface area contributed by atoms with Gasteiger partial charge in [-0.05, 0) is 69.8 Å². The first-order valence-corrected chi connectivity index (χ1v) is 28.0. The molecule has 0 saturated carbocycles. The lowest BCUT2D eigenvalue weighted by molar-refractivity contribution is -0.138. The molecule has 7 rings (SSSR count). The highest BCUT2D eigenvalue weighted by Crippen LogP contribution is 2.21. The molecular weight excluding hydrogens is 1100 g/mol. The number of anilines is 3. The first-order valence-electron chi connectivity index (χ1n) is 28.0. The number of carbonyl (C=O) groups is 6. The zero-order chi connectivity index (χ0) is 60.9. The minimum Gasteiger partial charge on any atom is -0.461 e. The molecule has 18 heteroatoms. The fourth-order valence-electron chi connectivity index (χ4n) is 7.90. The van der Waals surface area contributed by atoms with E-state index in [0.717, 1.165) is 33.4 Å². The highest BCUT2D eigenvalue weighted by Gasteiger charge is 2.23. The smallest absolute Gasteiger partial charge is 0.330 e. The third kappa shape index (κ3) is 24.8. The molecule has 18 nitrogen and oxygen atoms in total. The van der Waals surface area contributed by atoms with E-state index in [-0.39, 0.29) is 96.8 Å². The third-order valence-electron chi connectivity index (χ3n) is 12.4. The molecule has 0 aliphatic carbocycles. The summed E-state index contributed by atoms with van der Waals surface area (Å²) in [5.41, 5.74) is 4.71. The molecule has 1 heterocycles. The Bertz CT molecular complexity index is 2880. The number of ether oxygens (including phenoxy) is 6. The molecule has 0 amide bonds. The average molecular weight is 1170 g/mol. The van der Waals surface area contributed by atoms with E-state index in [9.17, 15) is 28.8 Å². The van der Waals surface area contributed by atoms with Gasteiger partial charge in [-0.25, -0.2) is 28.8 Å². The number of aromatic nitrogens is 3. The second-order valence-corrected chi connectivity index (χ2v) is 18.7. The zero-order valence-electron chi connectivity index (χ0n) is 47.8. The lowest BCUT2D eigenvalue weighted by Crippen LogP contribution is -2.38. The van der Waals surface area contributed by atoms with Gasteiger partial charge in [0.2, 0.25) is 17.8 Å². The molecule has 6 aromatic carbocycles. The molecule has 0 aliphatic heterocycles. The van der Waals surface area contributed by atoms with Crippen LogP contribution in [0.15, 0.2) is 218 Å². The molecule has 1 aromatic heterocycles. The van der Waals surface area contributed by atoms with Crippen LogP contribution in [0.4, 0.5) is 17.8 Å². The lowest BCUT2D eigenvalue weighted by atomic mass is 10.2. The number of nitrogens with zero attached hydrogens (tertiary/aromatic N) is 6. The molecule has 0 fully saturated rings. The monoisotopic (exact) mass is 1170 g/mol. The molecule has 0 N–H and O–H groups in total. The Morgan fingerprint density at radius 2 is 0.402 bits per heavy atom. The Hall–Kier alpha value is -11.0. The maximum atomic E-state index is 13.1. The molecule has 87 heavy (non-hydrogen) atoms. The highest BCUT2D eigenvalue weighted by atomic mass is 16.6. The molecule has 0 unspecified atom stereocenters. The Morgan fingerprint density at radius 3 is 0.552 bits per heavy atom. The van der Waals surface area contributed by atoms with Crippen LogP contribution in [0.3, 0.4) is 0 Å². The van der Waals surface area contributed by atoms with Crippen molar-refractivity contribution in [1.82, 2.24) is 15.0 Å². The summed E-state index contributed by atoms with van der Waals surface area (Å²) in [6, 6.07) is 55.3. The number of hydrogen-bond donors (Lipinski definition) is 0. The molecule has 0 atom stereocenters. The predicted octanol–water partition coefficient (Wildman–Crippen LogP) is 9.83. The van der Waals surface area contributed by atoms with Gasteiger partial charge in [0.15, 0.2) is 0 Å². The Kier molecular flexibility index (Phi) is 26.7. The van der Waals surface area contributed by atoms with Crippen LogP contribution in [0, 0.1) is 0 Å². The molecule has 0 bridgehead atoms. The minimum absolute atomic E-state index is 0.00656. The molecule has 0 radical (unpaired) electrons. The summed E-state index contributed by atoms with van der Waals surface area (Å²) >= 11 is 0. The van der Waals surface area contributed by atoms with Gasteiger partial charge in [-0.15, -0.1) is 0 Å². The van der Waals surface area contributed by atoms with Crippen LogP contribution in [-0.2, 0) is 57.2 Å². The number of benzene rings is 6. The third-order valence-corrected chi connectivity index (χ3v) is 12.4. The summed E-state index contributed by atoms with van der Waals surface area (Å²) in [6.07, 6.45) is 17.6. The van der Waals surface area contributed by atoms with Gasteiger partial charge in [-0.2, -0.15) is 15.0 Å². The summed E-state index contributed by atoms with van der Waals surface area (Å²) in [6.45, 7) is -1.42. The van der Waals surface area contributed by atoms with Gasteiger partial charge in [0.05, 0.1) is 39.3 Å². The van der Waals surface area contributed by atoms with Gasteiger partial charge in [-0.3, -0.25) is 0 Å². The van der Waals surface area contributed by atoms with E-state index in [2.05, 4.69) is 0 Å². The summed E-state index contributed by atoms with van der Waals surface area (Å²) in [5, 5.41) is 0. The number of hydrogen-bond acceptors (Lipinski definition) is 18. The fourth-order valence-corrected chi connectivity index (χ4v) is 7.90. The number of rotatable bonds is 33. The van der Waals surface area contributed by atoms with Crippen LogP contribution < -0.4 is 14.7 Å². The van der Waals surface area contributed by atoms with E-state index in [1.54, 1.807) is 51.2 Å². The Balaban J connectivity index is 1.23. The average Bonchev–Trinajstić information content (AvgIpc) is 3.67. The van der Waals surface area contributed by atoms with Crippen LogP contribution >= 0.6 is 0 Å². The van der Waals surface area contributed by atoms with Gasteiger partial charge in [0.25, 0.3) is 0 Å². The van der Waals surface area contributed by atoms with Crippen molar-refractivity contribution >= 4 is 90.1 Å². The van der Waals surface area contributed by atoms with Crippen LogP contribution in [0.1, 0.15) is 33.4 Å². The van der Waals surface area contributed by atoms with E-state index < -0.39 is 35.8 Å². The zero-order valence-corrected chi connectivity index (χ0v) is 47.8. The molecule has 0 spiro atoms. The Morgan fingerprint density at radius 1 is 0.253 bits per heavy atom. The summed E-state index contributed by atoms with van der Waals surface area (Å²) in [4.78, 5) is 98.5. The second kappa shape index (κ2) is 36.5. The van der Waals surface area contributed by atoms with Crippen molar-refractivity contribution in [3.05, 3.63) is 252 Å². The van der Waals surface area contributed by atoms with Crippen LogP contribution in [-0.4, -0.2) is 130 Å². The van der Waals surface area contributed by atoms with Gasteiger partial charge in [0, 0.05) is 36.5 Å². The van der Waals surface area contributed by atoms with Crippen molar-refractivity contribution in [2.45, 2.75) is 0 Å². The largest absolute Gasteiger partial charge is 0.461 e. The lowest BCUT2D eigenvalue weighted by Gasteiger charge is -2.29. The van der Waals surface area contributed by atoms with Crippen molar-refractivity contribution in [2.75, 3.05) is 93.6 Å². The standard InChI is InChI=1S/C69H66N6O12/c76-61(37-31-55-19-7-1-8-20-55)82-49-43-73(44-50-83-62(77)38-32-56-21-9-2-10-22-56)67-70-68(74(45-51-84-63(78)39-33-57-23-11-3-12-24-57)46-52-85-64(79)40-34-58-25-13-4-14-26-58)72-69(71-67)75(47-53-86-65(80)41-35-59-27-15-5-16-28-59)48-54-87-66(81)42-36-60-29-17-6-18-30-60/h1-42H,43-54H2/b37-31+,38-32+,39-33+,40-34+,41-35+,42-36+. The quantitative estimate of drug-likeness (QED) is 0.0213. The van der Waals surface area contributed by atoms with Crippen LogP contribution in [0.2, 0.25) is 0 Å². The molecular formula is C69H66N6O12. The Labute approximate surface area is 505 Å². The number of esters is 6. The van der Waals surface area contributed by atoms with Crippen LogP contribution in [0.5, 0.6) is 0 Å². The first-order chi connectivity index (χ1) is 42.6. The van der Waals surface area contributed by atoms with E-state index in [1.807, 2.05) is 182 Å². The second-order valence-electron chi connectivity index (χ2n) is 18.7. The van der Waals surface area contributed by atoms with E-state index in [4.69, 9.17) is 43.4 Å². The van der Waals surface area contributed by atoms with Crippen molar-refractivity contribution in [1.29, 1.82) is 0 Å². The maximum Gasteiger partial charge on any atom is 0.330 e. The van der Waals surface area contributed by atoms with Crippen molar-refractivity contribution in [2.24, 2.45) is 0 Å². The van der Waals surface area contributed by atoms with Gasteiger partial charge in [0.1, 0.15) is 39.6 Å². The topological polar surface area (TPSA) is 206 Å². The maximum absolute atomic E-state index is 13.1. The summed E-state index contributed by atoms with van der Waals surface area (Å²) < 4.78 is 34.1. The van der Waals surface area contributed by atoms with Crippen LogP contribution in [0.25, 0.3) is 36.5 Å². The fraction of sp³-hybridized carbons (Fsp3) is 0.174. The highest BCUT2D eigenvalue weighted by molar-refractivity contribution is 5.90. The number of carbonyl (C=O) groups excluding carboxylic acids is 6. The molecule has 7 aromatic rings. The van der Waals surface area contributed by atoms with Gasteiger partial charge < -0.3 is 43.1 Å². The minimum atomic E-state index is -0.631. The molecule has 0 saturated heterocycles. The van der Waals surface area contributed by atoms with E-state index in [0.29, 0.717) is 0 Å². The molecule has 0 aliphatic rings. The van der Waals surface area contributed by atoms with Crippen molar-refractivity contribution in [3.8, 4) is 0 Å². The van der Waals surface area contributed by atoms with Gasteiger partial charge in [-0.1, -0.05) is 182 Å². The SMILES string of the molecule is O=C(/C=C/c1ccccc1)OCCN(CCOC(=O)/C=C/c1ccccc1)c1nc(N(CCOC(=O)/C=C/c2ccccc2)CCOC(=O)/C=C/c2ccccc2)nc(N(CCOC(=O)/C=C/c2ccccc2)CCOC(=O)/C=C/c2ccccc2)n1. The van der Waals surface area contributed by atoms with Crippen molar-refractivity contribution in [3.63, 3.8) is 0 Å². The van der Waals surface area contributed by atoms with Crippen molar-refractivity contribution < 1.29 is 57.2 Å². The molecule has 444 valence electrons. The first kappa shape index (κ1) is 63.6.